The van der Waals surface area contributed by atoms with Gasteiger partial charge in [-0.1, -0.05) is 18.5 Å². The number of hydrogen-bond acceptors (Lipinski definition) is 2. The molecule has 0 spiro atoms. The minimum Gasteiger partial charge on any atom is -0.330 e. The number of benzene rings is 1. The fraction of sp³-hybridized carbons (Fsp3) is 0.417. The molecule has 0 amide bonds. The highest BCUT2D eigenvalue weighted by Gasteiger charge is 2.13. The predicted molar refractivity (Wildman–Crippen MR) is 79.8 cm³/mol. The van der Waals surface area contributed by atoms with Gasteiger partial charge in [0.05, 0.1) is 16.1 Å². The van der Waals surface area contributed by atoms with Gasteiger partial charge in [-0.25, -0.2) is 4.39 Å². The fourth-order valence-electron chi connectivity index (χ4n) is 1.92. The van der Waals surface area contributed by atoms with Crippen molar-refractivity contribution in [2.75, 3.05) is 11.5 Å². The van der Waals surface area contributed by atoms with Crippen LogP contribution in [-0.4, -0.2) is 21.1 Å². The molecule has 18 heavy (non-hydrogen) atoms. The molecule has 1 aromatic heterocycles. The molecule has 0 bridgehead atoms. The maximum Gasteiger partial charge on any atom is 0.178 e. The van der Waals surface area contributed by atoms with E-state index in [1.165, 1.54) is 6.07 Å². The van der Waals surface area contributed by atoms with Crippen molar-refractivity contribution in [3.8, 4) is 0 Å². The molecule has 1 aromatic carbocycles. The lowest BCUT2D eigenvalue weighted by Crippen LogP contribution is -2.08. The monoisotopic (exact) mass is 304 g/mol. The summed E-state index contributed by atoms with van der Waals surface area (Å²) in [5.41, 5.74) is 1.55. The van der Waals surface area contributed by atoms with Crippen molar-refractivity contribution in [1.82, 2.24) is 9.55 Å². The normalized spacial score (nSPS) is 13.1. The van der Waals surface area contributed by atoms with Crippen LogP contribution in [0.5, 0.6) is 0 Å². The second-order valence-corrected chi connectivity index (χ2v) is 6.20. The Labute approximate surface area is 120 Å². The number of hydrogen-bond donors (Lipinski definition) is 1. The van der Waals surface area contributed by atoms with Gasteiger partial charge in [-0.2, -0.15) is 11.8 Å². The van der Waals surface area contributed by atoms with E-state index in [-0.39, 0.29) is 11.1 Å². The topological polar surface area (TPSA) is 20.7 Å². The lowest BCUT2D eigenvalue weighted by atomic mass is 10.3. The number of nitrogens with zero attached hydrogens (tertiary/aromatic N) is 1. The van der Waals surface area contributed by atoms with E-state index < -0.39 is 5.82 Å². The average Bonchev–Trinajstić information content (AvgIpc) is 2.62. The molecule has 0 radical (unpaired) electrons. The van der Waals surface area contributed by atoms with Gasteiger partial charge in [0, 0.05) is 17.9 Å². The lowest BCUT2D eigenvalue weighted by molar-refractivity contribution is 0.617. The Hall–Kier alpha value is -0.520. The summed E-state index contributed by atoms with van der Waals surface area (Å²) in [6.07, 6.45) is 0. The van der Waals surface area contributed by atoms with Crippen LogP contribution in [0.2, 0.25) is 5.02 Å². The molecule has 1 atom stereocenters. The SMILES string of the molecule is CCSCC(C)n1c(=S)[nH]c2cc(F)c(Cl)cc21. The second-order valence-electron chi connectivity index (χ2n) is 4.09. The van der Waals surface area contributed by atoms with Crippen molar-refractivity contribution in [2.24, 2.45) is 0 Å². The molecule has 0 aliphatic carbocycles. The Morgan fingerprint density at radius 1 is 1.56 bits per heavy atom. The van der Waals surface area contributed by atoms with Crippen LogP contribution in [-0.2, 0) is 0 Å². The Bertz CT molecular complexity index is 620. The van der Waals surface area contributed by atoms with Crippen LogP contribution < -0.4 is 0 Å². The van der Waals surface area contributed by atoms with Gasteiger partial charge in [0.25, 0.3) is 0 Å². The van der Waals surface area contributed by atoms with E-state index in [4.69, 9.17) is 23.8 Å². The molecule has 6 heteroatoms. The van der Waals surface area contributed by atoms with Crippen LogP contribution in [0.15, 0.2) is 12.1 Å². The molecule has 0 saturated heterocycles. The number of thioether (sulfide) groups is 1. The van der Waals surface area contributed by atoms with E-state index in [9.17, 15) is 4.39 Å². The second kappa shape index (κ2) is 5.63. The van der Waals surface area contributed by atoms with Crippen molar-refractivity contribution in [2.45, 2.75) is 19.9 Å². The zero-order chi connectivity index (χ0) is 13.3. The first-order valence-electron chi connectivity index (χ1n) is 5.71. The summed E-state index contributed by atoms with van der Waals surface area (Å²) in [5.74, 6) is 1.60. The standard InChI is InChI=1S/C12H14ClFN2S2/c1-3-18-6-7(2)16-11-4-8(13)9(14)5-10(11)15-12(16)17/h4-5,7H,3,6H2,1-2H3,(H,15,17). The Balaban J connectivity index is 2.53. The first-order chi connectivity index (χ1) is 8.54. The Morgan fingerprint density at radius 2 is 2.28 bits per heavy atom. The lowest BCUT2D eigenvalue weighted by Gasteiger charge is -2.13. The van der Waals surface area contributed by atoms with Gasteiger partial charge >= 0.3 is 0 Å². The molecule has 1 heterocycles. The molecule has 0 aliphatic heterocycles. The van der Waals surface area contributed by atoms with E-state index in [1.54, 1.807) is 6.07 Å². The Morgan fingerprint density at radius 3 is 2.94 bits per heavy atom. The molecule has 2 nitrogen and oxygen atoms in total. The third kappa shape index (κ3) is 2.58. The van der Waals surface area contributed by atoms with E-state index in [1.807, 2.05) is 16.3 Å². The summed E-state index contributed by atoms with van der Waals surface area (Å²) in [6.45, 7) is 4.22. The Kier molecular flexibility index (Phi) is 4.35. The molecule has 1 unspecified atom stereocenters. The van der Waals surface area contributed by atoms with Crippen molar-refractivity contribution in [3.05, 3.63) is 27.7 Å². The minimum atomic E-state index is -0.428. The van der Waals surface area contributed by atoms with Gasteiger partial charge in [0.15, 0.2) is 4.77 Å². The highest BCUT2D eigenvalue weighted by molar-refractivity contribution is 7.99. The van der Waals surface area contributed by atoms with Gasteiger partial charge in [-0.3, -0.25) is 0 Å². The van der Waals surface area contributed by atoms with E-state index in [0.29, 0.717) is 10.3 Å². The van der Waals surface area contributed by atoms with E-state index >= 15 is 0 Å². The molecule has 0 aliphatic rings. The highest BCUT2D eigenvalue weighted by Crippen LogP contribution is 2.26. The quantitative estimate of drug-likeness (QED) is 0.819. The van der Waals surface area contributed by atoms with Gasteiger partial charge in [-0.05, 0) is 31.0 Å². The number of fused-ring (bicyclic) bond motifs is 1. The third-order valence-electron chi connectivity index (χ3n) is 2.76. The zero-order valence-electron chi connectivity index (χ0n) is 10.2. The van der Waals surface area contributed by atoms with Gasteiger partial charge in [0.2, 0.25) is 0 Å². The number of rotatable bonds is 4. The molecular weight excluding hydrogens is 291 g/mol. The number of aromatic amines is 1. The summed E-state index contributed by atoms with van der Waals surface area (Å²) in [4.78, 5) is 3.02. The van der Waals surface area contributed by atoms with Crippen molar-refractivity contribution in [1.29, 1.82) is 0 Å². The molecule has 2 aromatic rings. The molecule has 1 N–H and O–H groups in total. The first kappa shape index (κ1) is 13.9. The van der Waals surface area contributed by atoms with E-state index in [2.05, 4.69) is 18.8 Å². The van der Waals surface area contributed by atoms with Gasteiger partial charge in [-0.15, -0.1) is 0 Å². The number of H-pyrrole nitrogens is 1. The van der Waals surface area contributed by atoms with Gasteiger partial charge in [0.1, 0.15) is 5.82 Å². The molecule has 98 valence electrons. The summed E-state index contributed by atoms with van der Waals surface area (Å²) < 4.78 is 16.0. The third-order valence-corrected chi connectivity index (χ3v) is 4.48. The van der Waals surface area contributed by atoms with Crippen molar-refractivity contribution >= 4 is 46.6 Å². The smallest absolute Gasteiger partial charge is 0.178 e. The summed E-state index contributed by atoms with van der Waals surface area (Å²) in [7, 11) is 0. The largest absolute Gasteiger partial charge is 0.330 e. The van der Waals surface area contributed by atoms with Crippen LogP contribution in [0.25, 0.3) is 11.0 Å². The maximum absolute atomic E-state index is 13.4. The summed E-state index contributed by atoms with van der Waals surface area (Å²) in [6, 6.07) is 3.27. The van der Waals surface area contributed by atoms with Crippen LogP contribution in [0.1, 0.15) is 19.9 Å². The van der Waals surface area contributed by atoms with Crippen LogP contribution in [0, 0.1) is 10.6 Å². The number of nitrogens with one attached hydrogen (secondary N) is 1. The van der Waals surface area contributed by atoms with Gasteiger partial charge < -0.3 is 9.55 Å². The summed E-state index contributed by atoms with van der Waals surface area (Å²) in [5, 5.41) is 0.126. The van der Waals surface area contributed by atoms with Crippen LogP contribution >= 0.6 is 35.6 Å². The van der Waals surface area contributed by atoms with Crippen molar-refractivity contribution < 1.29 is 4.39 Å². The molecule has 0 fully saturated rings. The maximum atomic E-state index is 13.4. The van der Waals surface area contributed by atoms with Crippen LogP contribution in [0.3, 0.4) is 0 Å². The summed E-state index contributed by atoms with van der Waals surface area (Å²) >= 11 is 13.0. The molecule has 0 saturated carbocycles. The number of aromatic nitrogens is 2. The fourth-order valence-corrected chi connectivity index (χ4v) is 3.19. The highest BCUT2D eigenvalue weighted by atomic mass is 35.5. The zero-order valence-corrected chi connectivity index (χ0v) is 12.6. The predicted octanol–water partition coefficient (Wildman–Crippen LogP) is 4.81. The molecule has 2 rings (SSSR count). The number of imidazole rings is 1. The average molecular weight is 305 g/mol. The van der Waals surface area contributed by atoms with Crippen LogP contribution in [0.4, 0.5) is 4.39 Å². The van der Waals surface area contributed by atoms with E-state index in [0.717, 1.165) is 17.0 Å². The minimum absolute atomic E-state index is 0.126. The van der Waals surface area contributed by atoms with Crippen molar-refractivity contribution in [3.63, 3.8) is 0 Å². The number of halogens is 2. The first-order valence-corrected chi connectivity index (χ1v) is 7.65. The molecular formula is C12H14ClFN2S2.